The maximum Gasteiger partial charge on any atom is 0.142 e. The minimum Gasteiger partial charge on any atom is -0.396 e. The van der Waals surface area contributed by atoms with Crippen LogP contribution in [0.3, 0.4) is 0 Å². The highest BCUT2D eigenvalue weighted by Gasteiger charge is 2.66. The van der Waals surface area contributed by atoms with Crippen molar-refractivity contribution in [3.63, 3.8) is 0 Å². The average Bonchev–Trinajstić information content (AvgIpc) is 2.44. The highest BCUT2D eigenvalue weighted by Crippen LogP contribution is 2.64. The van der Waals surface area contributed by atoms with E-state index in [0.717, 1.165) is 12.8 Å². The van der Waals surface area contributed by atoms with Crippen LogP contribution in [0.1, 0.15) is 59.8 Å². The summed E-state index contributed by atoms with van der Waals surface area (Å²) in [6, 6.07) is 0. The van der Waals surface area contributed by atoms with Crippen molar-refractivity contribution in [3.05, 3.63) is 12.7 Å². The van der Waals surface area contributed by atoms with E-state index in [9.17, 15) is 15.0 Å². The second-order valence-corrected chi connectivity index (χ2v) is 9.48. The van der Waals surface area contributed by atoms with E-state index in [1.54, 1.807) is 6.08 Å². The van der Waals surface area contributed by atoms with Crippen LogP contribution >= 0.6 is 0 Å². The van der Waals surface area contributed by atoms with Crippen molar-refractivity contribution < 1.29 is 19.7 Å². The average molecular weight is 336 g/mol. The molecule has 2 aliphatic carbocycles. The van der Waals surface area contributed by atoms with Crippen LogP contribution in [0.15, 0.2) is 12.7 Å². The number of carbonyl (C=O) groups excluding carboxylic acids is 1. The Bertz CT molecular complexity index is 560. The number of hydrogen-bond acceptors (Lipinski definition) is 4. The molecule has 0 aromatic heterocycles. The summed E-state index contributed by atoms with van der Waals surface area (Å²) < 4.78 is 6.45. The molecule has 1 saturated heterocycles. The van der Waals surface area contributed by atoms with Gasteiger partial charge in [0.1, 0.15) is 5.78 Å². The van der Waals surface area contributed by atoms with Gasteiger partial charge in [0, 0.05) is 13.0 Å². The SMILES string of the molecule is C=C[C@@]1(C)CC(=O)[C@@H]2[C@@]3(C)C[C@@H](O)C[C@@](C)(CO)[C@@H]3CC[C@@]2(C)O1. The van der Waals surface area contributed by atoms with Crippen molar-refractivity contribution in [3.8, 4) is 0 Å². The number of Topliss-reactive ketones (excluding diaryl/α,β-unsaturated/α-hetero) is 1. The maximum absolute atomic E-state index is 13.2. The van der Waals surface area contributed by atoms with Gasteiger partial charge in [-0.15, -0.1) is 6.58 Å². The first-order valence-electron chi connectivity index (χ1n) is 9.17. The van der Waals surface area contributed by atoms with Gasteiger partial charge < -0.3 is 14.9 Å². The lowest BCUT2D eigenvalue weighted by Crippen LogP contribution is -2.67. The minimum atomic E-state index is -0.612. The van der Waals surface area contributed by atoms with Gasteiger partial charge in [0.05, 0.1) is 23.2 Å². The second-order valence-electron chi connectivity index (χ2n) is 9.48. The Balaban J connectivity index is 2.05. The van der Waals surface area contributed by atoms with Gasteiger partial charge in [0.15, 0.2) is 0 Å². The van der Waals surface area contributed by atoms with E-state index in [4.69, 9.17) is 4.74 Å². The highest BCUT2D eigenvalue weighted by molar-refractivity contribution is 5.85. The number of fused-ring (bicyclic) bond motifs is 3. The van der Waals surface area contributed by atoms with Crippen LogP contribution < -0.4 is 0 Å². The lowest BCUT2D eigenvalue weighted by atomic mass is 9.43. The summed E-state index contributed by atoms with van der Waals surface area (Å²) in [5.41, 5.74) is -1.83. The molecule has 136 valence electrons. The van der Waals surface area contributed by atoms with E-state index in [1.165, 1.54) is 0 Å². The Labute approximate surface area is 145 Å². The third kappa shape index (κ3) is 2.41. The van der Waals surface area contributed by atoms with E-state index in [2.05, 4.69) is 27.4 Å². The summed E-state index contributed by atoms with van der Waals surface area (Å²) >= 11 is 0. The molecule has 1 heterocycles. The first kappa shape index (κ1) is 18.1. The molecule has 0 unspecified atom stereocenters. The van der Waals surface area contributed by atoms with Crippen molar-refractivity contribution in [1.29, 1.82) is 0 Å². The molecular weight excluding hydrogens is 304 g/mol. The van der Waals surface area contributed by atoms with E-state index >= 15 is 0 Å². The van der Waals surface area contributed by atoms with E-state index in [-0.39, 0.29) is 35.1 Å². The van der Waals surface area contributed by atoms with Gasteiger partial charge in [0.2, 0.25) is 0 Å². The predicted octanol–water partition coefficient (Wildman–Crippen LogP) is 2.87. The highest BCUT2D eigenvalue weighted by atomic mass is 16.5. The molecule has 3 aliphatic rings. The first-order valence-corrected chi connectivity index (χ1v) is 9.17. The third-order valence-electron chi connectivity index (χ3n) is 7.32. The minimum absolute atomic E-state index is 0.0488. The molecule has 2 N–H and O–H groups in total. The fourth-order valence-corrected chi connectivity index (χ4v) is 6.59. The number of ether oxygens (including phenoxy) is 1. The number of ketones is 1. The van der Waals surface area contributed by atoms with Crippen LogP contribution in [0.25, 0.3) is 0 Å². The molecule has 7 atom stereocenters. The third-order valence-corrected chi connectivity index (χ3v) is 7.32. The number of aliphatic hydroxyl groups is 2. The van der Waals surface area contributed by atoms with Gasteiger partial charge >= 0.3 is 0 Å². The lowest BCUT2D eigenvalue weighted by molar-refractivity contribution is -0.251. The molecule has 0 aromatic rings. The molecule has 3 fully saturated rings. The molecular formula is C20H32O4. The van der Waals surface area contributed by atoms with Crippen molar-refractivity contribution >= 4 is 5.78 Å². The predicted molar refractivity (Wildman–Crippen MR) is 92.5 cm³/mol. The molecule has 0 amide bonds. The van der Waals surface area contributed by atoms with Gasteiger partial charge in [-0.05, 0) is 56.3 Å². The lowest BCUT2D eigenvalue weighted by Gasteiger charge is -2.65. The zero-order valence-corrected chi connectivity index (χ0v) is 15.5. The Morgan fingerprint density at radius 3 is 2.54 bits per heavy atom. The monoisotopic (exact) mass is 336 g/mol. The van der Waals surface area contributed by atoms with Crippen LogP contribution in [-0.4, -0.2) is 39.9 Å². The summed E-state index contributed by atoms with van der Waals surface area (Å²) in [4.78, 5) is 13.2. The Hall–Kier alpha value is -0.710. The van der Waals surface area contributed by atoms with Crippen LogP contribution in [-0.2, 0) is 9.53 Å². The molecule has 0 bridgehead atoms. The van der Waals surface area contributed by atoms with Crippen molar-refractivity contribution in [1.82, 2.24) is 0 Å². The maximum atomic E-state index is 13.2. The Morgan fingerprint density at radius 2 is 1.96 bits per heavy atom. The molecule has 0 aromatic carbocycles. The summed E-state index contributed by atoms with van der Waals surface area (Å²) in [5, 5.41) is 20.5. The zero-order valence-electron chi connectivity index (χ0n) is 15.5. The molecule has 4 nitrogen and oxygen atoms in total. The van der Waals surface area contributed by atoms with Crippen LogP contribution in [0.5, 0.6) is 0 Å². The van der Waals surface area contributed by atoms with Crippen LogP contribution in [0.4, 0.5) is 0 Å². The van der Waals surface area contributed by atoms with E-state index in [1.807, 2.05) is 6.92 Å². The molecule has 24 heavy (non-hydrogen) atoms. The van der Waals surface area contributed by atoms with Crippen molar-refractivity contribution in [2.24, 2.45) is 22.7 Å². The van der Waals surface area contributed by atoms with E-state index in [0.29, 0.717) is 19.3 Å². The topological polar surface area (TPSA) is 66.8 Å². The Kier molecular flexibility index (Phi) is 4.06. The number of aliphatic hydroxyl groups excluding tert-OH is 2. The molecule has 2 saturated carbocycles. The fraction of sp³-hybridized carbons (Fsp3) is 0.850. The van der Waals surface area contributed by atoms with Gasteiger partial charge in [0.25, 0.3) is 0 Å². The van der Waals surface area contributed by atoms with Gasteiger partial charge in [-0.2, -0.15) is 0 Å². The second kappa shape index (κ2) is 5.39. The van der Waals surface area contributed by atoms with Crippen molar-refractivity contribution in [2.45, 2.75) is 77.1 Å². The number of hydrogen-bond donors (Lipinski definition) is 2. The smallest absolute Gasteiger partial charge is 0.142 e. The van der Waals surface area contributed by atoms with Crippen LogP contribution in [0, 0.1) is 22.7 Å². The van der Waals surface area contributed by atoms with Crippen molar-refractivity contribution in [2.75, 3.05) is 6.61 Å². The van der Waals surface area contributed by atoms with Gasteiger partial charge in [-0.1, -0.05) is 19.9 Å². The standard InChI is InChI=1S/C20H32O4/c1-6-18(3)11-14(23)16-19(4)10-13(22)9-17(2,12-21)15(19)7-8-20(16,5)24-18/h6,13,15-16,21-22H,1,7-12H2,2-5H3/t13-,15-,16+,17-,18-,19-,20+/m0/s1. The van der Waals surface area contributed by atoms with Gasteiger partial charge in [-0.25, -0.2) is 0 Å². The molecule has 0 spiro atoms. The largest absolute Gasteiger partial charge is 0.396 e. The first-order chi connectivity index (χ1) is 11.0. The number of carbonyl (C=O) groups is 1. The summed E-state index contributed by atoms with van der Waals surface area (Å²) in [7, 11) is 0. The summed E-state index contributed by atoms with van der Waals surface area (Å²) in [5.74, 6) is 0.197. The molecule has 3 rings (SSSR count). The van der Waals surface area contributed by atoms with Crippen LogP contribution in [0.2, 0.25) is 0 Å². The molecule has 0 radical (unpaired) electrons. The summed E-state index contributed by atoms with van der Waals surface area (Å²) in [6.45, 7) is 12.1. The zero-order chi connectivity index (χ0) is 18.0. The Morgan fingerprint density at radius 1 is 1.29 bits per heavy atom. The molecule has 1 aliphatic heterocycles. The normalized spacial score (nSPS) is 54.8. The fourth-order valence-electron chi connectivity index (χ4n) is 6.59. The van der Waals surface area contributed by atoms with E-state index < -0.39 is 17.3 Å². The van der Waals surface area contributed by atoms with Gasteiger partial charge in [-0.3, -0.25) is 4.79 Å². The number of rotatable bonds is 2. The summed E-state index contributed by atoms with van der Waals surface area (Å²) in [6.07, 6.45) is 4.53. The quantitative estimate of drug-likeness (QED) is 0.761. The molecule has 4 heteroatoms.